The highest BCUT2D eigenvalue weighted by atomic mass is 16.2. The van der Waals surface area contributed by atoms with E-state index in [-0.39, 0.29) is 17.9 Å². The number of hydrogen-bond donors (Lipinski definition) is 2. The minimum absolute atomic E-state index is 0.0194. The highest BCUT2D eigenvalue weighted by Crippen LogP contribution is 2.13. The molecule has 1 atom stereocenters. The highest BCUT2D eigenvalue weighted by Gasteiger charge is 2.32. The van der Waals surface area contributed by atoms with E-state index in [1.807, 2.05) is 0 Å². The number of hydrogen-bond acceptors (Lipinski definition) is 2. The van der Waals surface area contributed by atoms with Crippen molar-refractivity contribution in [2.75, 3.05) is 7.05 Å². The highest BCUT2D eigenvalue weighted by molar-refractivity contribution is 6.04. The van der Waals surface area contributed by atoms with E-state index < -0.39 is 0 Å². The van der Waals surface area contributed by atoms with Gasteiger partial charge in [-0.25, -0.2) is 0 Å². The van der Waals surface area contributed by atoms with Gasteiger partial charge < -0.3 is 4.90 Å². The molecule has 0 aliphatic carbocycles. The Morgan fingerprint density at radius 1 is 1.43 bits per heavy atom. The van der Waals surface area contributed by atoms with Gasteiger partial charge in [-0.3, -0.25) is 15.5 Å². The molecule has 0 saturated carbocycles. The fraction of sp³-hybridized carbons (Fsp3) is 0.800. The first kappa shape index (κ1) is 11.0. The molecule has 1 heterocycles. The minimum atomic E-state index is -0.112. The molecule has 0 spiro atoms. The number of rotatable bonds is 5. The quantitative estimate of drug-likeness (QED) is 0.653. The Bertz CT molecular complexity index is 227. The molecule has 1 unspecified atom stereocenters. The van der Waals surface area contributed by atoms with Gasteiger partial charge in [0.05, 0.1) is 0 Å². The lowest BCUT2D eigenvalue weighted by molar-refractivity contribution is -0.121. The zero-order chi connectivity index (χ0) is 10.6. The number of amides is 1. The van der Waals surface area contributed by atoms with Gasteiger partial charge in [-0.05, 0) is 6.42 Å². The van der Waals surface area contributed by atoms with Gasteiger partial charge in [0.1, 0.15) is 6.04 Å². The third kappa shape index (κ3) is 2.47. The second-order valence-corrected chi connectivity index (χ2v) is 3.81. The predicted molar refractivity (Wildman–Crippen MR) is 56.2 cm³/mol. The third-order valence-electron chi connectivity index (χ3n) is 2.70. The zero-order valence-corrected chi connectivity index (χ0v) is 8.97. The Morgan fingerprint density at radius 2 is 2.14 bits per heavy atom. The lowest BCUT2D eigenvalue weighted by Crippen LogP contribution is -2.31. The number of guanidine groups is 1. The first-order chi connectivity index (χ1) is 6.66. The fourth-order valence-electron chi connectivity index (χ4n) is 1.71. The van der Waals surface area contributed by atoms with Crippen LogP contribution in [0.2, 0.25) is 0 Å². The van der Waals surface area contributed by atoms with Crippen molar-refractivity contribution in [3.05, 3.63) is 0 Å². The average Bonchev–Trinajstić information content (AvgIpc) is 2.38. The van der Waals surface area contributed by atoms with E-state index >= 15 is 0 Å². The summed E-state index contributed by atoms with van der Waals surface area (Å²) in [6.45, 7) is 2.17. The Kier molecular flexibility index (Phi) is 3.92. The SMILES string of the molecule is CCCCCCC1C(=O)NC(=N)N1C. The first-order valence-corrected chi connectivity index (χ1v) is 5.29. The Labute approximate surface area is 85.2 Å². The molecule has 0 aromatic rings. The minimum Gasteiger partial charge on any atom is -0.334 e. The molecular formula is C10H19N3O. The third-order valence-corrected chi connectivity index (χ3v) is 2.70. The van der Waals surface area contributed by atoms with E-state index in [9.17, 15) is 4.79 Å². The van der Waals surface area contributed by atoms with Crippen molar-refractivity contribution in [3.63, 3.8) is 0 Å². The van der Waals surface area contributed by atoms with Crippen LogP contribution in [0.4, 0.5) is 0 Å². The normalized spacial score (nSPS) is 21.6. The molecule has 1 aliphatic rings. The number of nitrogens with one attached hydrogen (secondary N) is 2. The number of carbonyl (C=O) groups excluding carboxylic acids is 1. The van der Waals surface area contributed by atoms with Crippen molar-refractivity contribution in [1.29, 1.82) is 5.41 Å². The van der Waals surface area contributed by atoms with Crippen molar-refractivity contribution in [1.82, 2.24) is 10.2 Å². The van der Waals surface area contributed by atoms with Crippen LogP contribution in [0.3, 0.4) is 0 Å². The van der Waals surface area contributed by atoms with Crippen LogP contribution in [-0.2, 0) is 4.79 Å². The second-order valence-electron chi connectivity index (χ2n) is 3.81. The van der Waals surface area contributed by atoms with Crippen LogP contribution in [0.1, 0.15) is 39.0 Å². The summed E-state index contributed by atoms with van der Waals surface area (Å²) in [7, 11) is 1.80. The molecule has 1 fully saturated rings. The van der Waals surface area contributed by atoms with E-state index in [4.69, 9.17) is 5.41 Å². The summed E-state index contributed by atoms with van der Waals surface area (Å²) < 4.78 is 0. The predicted octanol–water partition coefficient (Wildman–Crippen LogP) is 1.32. The molecule has 0 aromatic carbocycles. The maximum Gasteiger partial charge on any atom is 0.249 e. The van der Waals surface area contributed by atoms with Crippen LogP contribution < -0.4 is 5.32 Å². The van der Waals surface area contributed by atoms with Gasteiger partial charge in [0.15, 0.2) is 5.96 Å². The van der Waals surface area contributed by atoms with Crippen molar-refractivity contribution in [2.45, 2.75) is 45.1 Å². The summed E-state index contributed by atoms with van der Waals surface area (Å²) in [5, 5.41) is 9.95. The summed E-state index contributed by atoms with van der Waals surface area (Å²) in [5.41, 5.74) is 0. The number of likely N-dealkylation sites (N-methyl/N-ethyl adjacent to an activating group) is 1. The molecule has 4 heteroatoms. The summed E-state index contributed by atoms with van der Waals surface area (Å²) in [6, 6.07) is -0.112. The second kappa shape index (κ2) is 4.98. The van der Waals surface area contributed by atoms with Gasteiger partial charge in [0.25, 0.3) is 0 Å². The van der Waals surface area contributed by atoms with Crippen LogP contribution in [0, 0.1) is 5.41 Å². The molecule has 80 valence electrons. The lowest BCUT2D eigenvalue weighted by atomic mass is 10.1. The van der Waals surface area contributed by atoms with Crippen LogP contribution >= 0.6 is 0 Å². The molecule has 0 bridgehead atoms. The zero-order valence-electron chi connectivity index (χ0n) is 8.97. The summed E-state index contributed by atoms with van der Waals surface area (Å²) >= 11 is 0. The Hall–Kier alpha value is -1.06. The van der Waals surface area contributed by atoms with E-state index in [0.29, 0.717) is 0 Å². The van der Waals surface area contributed by atoms with Crippen LogP contribution in [-0.4, -0.2) is 29.9 Å². The molecular weight excluding hydrogens is 178 g/mol. The van der Waals surface area contributed by atoms with Gasteiger partial charge in [0.2, 0.25) is 5.91 Å². The van der Waals surface area contributed by atoms with Gasteiger partial charge in [-0.2, -0.15) is 0 Å². The maximum absolute atomic E-state index is 11.4. The van der Waals surface area contributed by atoms with E-state index in [2.05, 4.69) is 12.2 Å². The smallest absolute Gasteiger partial charge is 0.249 e. The van der Waals surface area contributed by atoms with E-state index in [0.717, 1.165) is 12.8 Å². The summed E-state index contributed by atoms with van der Waals surface area (Å²) in [5.74, 6) is 0.212. The molecule has 1 saturated heterocycles. The van der Waals surface area contributed by atoms with Gasteiger partial charge in [0, 0.05) is 7.05 Å². The van der Waals surface area contributed by atoms with Gasteiger partial charge >= 0.3 is 0 Å². The Balaban J connectivity index is 2.29. The molecule has 2 N–H and O–H groups in total. The topological polar surface area (TPSA) is 56.2 Å². The summed E-state index contributed by atoms with van der Waals surface area (Å²) in [6.07, 6.45) is 5.56. The number of carbonyl (C=O) groups is 1. The molecule has 1 aliphatic heterocycles. The van der Waals surface area contributed by atoms with Crippen LogP contribution in [0.5, 0.6) is 0 Å². The molecule has 0 aromatic heterocycles. The monoisotopic (exact) mass is 197 g/mol. The molecule has 1 rings (SSSR count). The largest absolute Gasteiger partial charge is 0.334 e. The molecule has 0 radical (unpaired) electrons. The average molecular weight is 197 g/mol. The van der Waals surface area contributed by atoms with Gasteiger partial charge in [-0.15, -0.1) is 0 Å². The van der Waals surface area contributed by atoms with Crippen LogP contribution in [0.25, 0.3) is 0 Å². The van der Waals surface area contributed by atoms with Crippen molar-refractivity contribution < 1.29 is 4.79 Å². The lowest BCUT2D eigenvalue weighted by Gasteiger charge is -2.17. The number of nitrogens with zero attached hydrogens (tertiary/aromatic N) is 1. The first-order valence-electron chi connectivity index (χ1n) is 5.29. The Morgan fingerprint density at radius 3 is 2.64 bits per heavy atom. The standard InChI is InChI=1S/C10H19N3O/c1-3-4-5-6-7-8-9(14)12-10(11)13(8)2/h8H,3-7H2,1-2H3,(H2,11,12,14). The molecule has 14 heavy (non-hydrogen) atoms. The van der Waals surface area contributed by atoms with Gasteiger partial charge in [-0.1, -0.05) is 32.6 Å². The van der Waals surface area contributed by atoms with E-state index in [1.165, 1.54) is 19.3 Å². The molecule has 4 nitrogen and oxygen atoms in total. The van der Waals surface area contributed by atoms with E-state index in [1.54, 1.807) is 11.9 Å². The molecule has 1 amide bonds. The fourth-order valence-corrected chi connectivity index (χ4v) is 1.71. The van der Waals surface area contributed by atoms with Crippen LogP contribution in [0.15, 0.2) is 0 Å². The van der Waals surface area contributed by atoms with Crippen molar-refractivity contribution >= 4 is 11.9 Å². The summed E-state index contributed by atoms with van der Waals surface area (Å²) in [4.78, 5) is 13.1. The maximum atomic E-state index is 11.4. The van der Waals surface area contributed by atoms with Crippen molar-refractivity contribution in [2.24, 2.45) is 0 Å². The number of unbranched alkanes of at least 4 members (excludes halogenated alkanes) is 3. The van der Waals surface area contributed by atoms with Crippen molar-refractivity contribution in [3.8, 4) is 0 Å².